The van der Waals surface area contributed by atoms with Gasteiger partial charge in [0.2, 0.25) is 0 Å². The van der Waals surface area contributed by atoms with E-state index in [9.17, 15) is 0 Å². The summed E-state index contributed by atoms with van der Waals surface area (Å²) in [6, 6.07) is 17.1. The van der Waals surface area contributed by atoms with E-state index in [1.54, 1.807) is 0 Å². The number of fused-ring (bicyclic) bond motifs is 1. The summed E-state index contributed by atoms with van der Waals surface area (Å²) >= 11 is 0. The molecule has 0 heterocycles. The van der Waals surface area contributed by atoms with Gasteiger partial charge in [-0.25, -0.2) is 0 Å². The molecular formula is C18H22N2. The van der Waals surface area contributed by atoms with Gasteiger partial charge in [0.25, 0.3) is 0 Å². The van der Waals surface area contributed by atoms with Crippen LogP contribution in [-0.2, 0) is 0 Å². The van der Waals surface area contributed by atoms with Crippen molar-refractivity contribution in [1.29, 1.82) is 5.26 Å². The molecule has 104 valence electrons. The van der Waals surface area contributed by atoms with Crippen LogP contribution in [0.25, 0.3) is 10.8 Å². The Hall–Kier alpha value is -2.01. The highest BCUT2D eigenvalue weighted by atomic mass is 14.9. The first-order chi connectivity index (χ1) is 9.62. The first kappa shape index (κ1) is 14.4. The van der Waals surface area contributed by atoms with Crippen molar-refractivity contribution in [2.45, 2.75) is 33.1 Å². The highest BCUT2D eigenvalue weighted by molar-refractivity contribution is 5.93. The van der Waals surface area contributed by atoms with E-state index >= 15 is 0 Å². The lowest BCUT2D eigenvalue weighted by Crippen LogP contribution is -2.09. The summed E-state index contributed by atoms with van der Waals surface area (Å²) in [5, 5.41) is 15.0. The summed E-state index contributed by atoms with van der Waals surface area (Å²) < 4.78 is 0. The Kier molecular flexibility index (Phi) is 4.63. The number of hydrogen-bond acceptors (Lipinski definition) is 2. The molecule has 0 spiro atoms. The van der Waals surface area contributed by atoms with Gasteiger partial charge < -0.3 is 5.32 Å². The number of nitriles is 1. The summed E-state index contributed by atoms with van der Waals surface area (Å²) in [7, 11) is 0. The molecule has 0 aromatic heterocycles. The number of nitrogens with one attached hydrogen (secondary N) is 1. The Labute approximate surface area is 121 Å². The Morgan fingerprint density at radius 1 is 1.05 bits per heavy atom. The van der Waals surface area contributed by atoms with Crippen molar-refractivity contribution in [2.75, 3.05) is 11.9 Å². The van der Waals surface area contributed by atoms with E-state index in [1.165, 1.54) is 16.5 Å². The highest BCUT2D eigenvalue weighted by Gasteiger charge is 2.15. The quantitative estimate of drug-likeness (QED) is 0.749. The Bertz CT molecular complexity index is 603. The maximum Gasteiger partial charge on any atom is 0.0683 e. The molecule has 0 aliphatic heterocycles. The largest absolute Gasteiger partial charge is 0.385 e. The summed E-state index contributed by atoms with van der Waals surface area (Å²) in [5.41, 5.74) is 1.00. The fraction of sp³-hybridized carbons (Fsp3) is 0.389. The fourth-order valence-corrected chi connectivity index (χ4v) is 2.35. The van der Waals surface area contributed by atoms with Gasteiger partial charge >= 0.3 is 0 Å². The van der Waals surface area contributed by atoms with Gasteiger partial charge in [-0.05, 0) is 38.1 Å². The second-order valence-corrected chi connectivity index (χ2v) is 5.91. The molecule has 0 atom stereocenters. The van der Waals surface area contributed by atoms with E-state index in [-0.39, 0.29) is 5.41 Å². The molecule has 2 heteroatoms. The SMILES string of the molecule is CC(C)(C#N)CCCCNc1cccc2ccccc12. The van der Waals surface area contributed by atoms with Crippen molar-refractivity contribution in [1.82, 2.24) is 0 Å². The maximum atomic E-state index is 8.98. The minimum Gasteiger partial charge on any atom is -0.385 e. The van der Waals surface area contributed by atoms with E-state index in [0.717, 1.165) is 25.8 Å². The molecule has 0 aliphatic rings. The molecule has 2 aromatic rings. The first-order valence-corrected chi connectivity index (χ1v) is 7.25. The average molecular weight is 266 g/mol. The standard InChI is InChI=1S/C18H22N2/c1-18(2,14-19)12-5-6-13-20-17-11-7-9-15-8-3-4-10-16(15)17/h3-4,7-11,20H,5-6,12-13H2,1-2H3. The zero-order valence-corrected chi connectivity index (χ0v) is 12.3. The molecule has 0 saturated carbocycles. The molecular weight excluding hydrogens is 244 g/mol. The molecule has 0 radical (unpaired) electrons. The smallest absolute Gasteiger partial charge is 0.0683 e. The van der Waals surface area contributed by atoms with Gasteiger partial charge in [-0.3, -0.25) is 0 Å². The van der Waals surface area contributed by atoms with E-state index in [4.69, 9.17) is 5.26 Å². The second kappa shape index (κ2) is 6.43. The maximum absolute atomic E-state index is 8.98. The summed E-state index contributed by atoms with van der Waals surface area (Å²) in [4.78, 5) is 0. The molecule has 0 unspecified atom stereocenters. The fourth-order valence-electron chi connectivity index (χ4n) is 2.35. The van der Waals surface area contributed by atoms with Crippen molar-refractivity contribution < 1.29 is 0 Å². The van der Waals surface area contributed by atoms with Crippen LogP contribution < -0.4 is 5.32 Å². The predicted octanol–water partition coefficient (Wildman–Crippen LogP) is 4.97. The van der Waals surface area contributed by atoms with Crippen molar-refractivity contribution in [3.63, 3.8) is 0 Å². The van der Waals surface area contributed by atoms with E-state index in [1.807, 2.05) is 13.8 Å². The van der Waals surface area contributed by atoms with E-state index in [2.05, 4.69) is 53.9 Å². The monoisotopic (exact) mass is 266 g/mol. The third-order valence-corrected chi connectivity index (χ3v) is 3.64. The van der Waals surface area contributed by atoms with Gasteiger partial charge in [-0.1, -0.05) is 42.8 Å². The lowest BCUT2D eigenvalue weighted by atomic mass is 9.89. The average Bonchev–Trinajstić information content (AvgIpc) is 2.47. The Morgan fingerprint density at radius 2 is 1.80 bits per heavy atom. The number of rotatable bonds is 6. The number of unbranched alkanes of at least 4 members (excludes halogenated alkanes) is 1. The van der Waals surface area contributed by atoms with Gasteiger partial charge in [-0.15, -0.1) is 0 Å². The molecule has 2 nitrogen and oxygen atoms in total. The minimum absolute atomic E-state index is 0.195. The molecule has 0 fully saturated rings. The predicted molar refractivity (Wildman–Crippen MR) is 85.7 cm³/mol. The molecule has 2 rings (SSSR count). The molecule has 20 heavy (non-hydrogen) atoms. The van der Waals surface area contributed by atoms with Crippen LogP contribution in [0.15, 0.2) is 42.5 Å². The Balaban J connectivity index is 1.86. The second-order valence-electron chi connectivity index (χ2n) is 5.91. The number of benzene rings is 2. The normalized spacial score (nSPS) is 11.2. The molecule has 0 amide bonds. The van der Waals surface area contributed by atoms with E-state index < -0.39 is 0 Å². The van der Waals surface area contributed by atoms with E-state index in [0.29, 0.717) is 0 Å². The topological polar surface area (TPSA) is 35.8 Å². The summed E-state index contributed by atoms with van der Waals surface area (Å²) in [6.45, 7) is 4.96. The number of anilines is 1. The number of nitrogens with zero attached hydrogens (tertiary/aromatic N) is 1. The van der Waals surface area contributed by atoms with Crippen LogP contribution in [0.4, 0.5) is 5.69 Å². The zero-order valence-electron chi connectivity index (χ0n) is 12.3. The molecule has 0 bridgehead atoms. The van der Waals surface area contributed by atoms with Gasteiger partial charge in [0, 0.05) is 17.6 Å². The zero-order chi connectivity index (χ0) is 14.4. The Morgan fingerprint density at radius 3 is 2.60 bits per heavy atom. The van der Waals surface area contributed by atoms with Crippen LogP contribution in [0.5, 0.6) is 0 Å². The molecule has 1 N–H and O–H groups in total. The van der Waals surface area contributed by atoms with Crippen LogP contribution in [0.2, 0.25) is 0 Å². The first-order valence-electron chi connectivity index (χ1n) is 7.25. The van der Waals surface area contributed by atoms with Gasteiger partial charge in [0.15, 0.2) is 0 Å². The van der Waals surface area contributed by atoms with Crippen molar-refractivity contribution in [3.8, 4) is 6.07 Å². The van der Waals surface area contributed by atoms with Crippen LogP contribution in [0.3, 0.4) is 0 Å². The van der Waals surface area contributed by atoms with Crippen molar-refractivity contribution in [3.05, 3.63) is 42.5 Å². The lowest BCUT2D eigenvalue weighted by molar-refractivity contribution is 0.430. The van der Waals surface area contributed by atoms with Crippen LogP contribution in [-0.4, -0.2) is 6.54 Å². The van der Waals surface area contributed by atoms with Crippen LogP contribution in [0.1, 0.15) is 33.1 Å². The highest BCUT2D eigenvalue weighted by Crippen LogP contribution is 2.24. The molecule has 2 aromatic carbocycles. The van der Waals surface area contributed by atoms with Crippen LogP contribution >= 0.6 is 0 Å². The molecule has 0 saturated heterocycles. The van der Waals surface area contributed by atoms with Gasteiger partial charge in [0.05, 0.1) is 11.5 Å². The lowest BCUT2D eigenvalue weighted by Gasteiger charge is -2.15. The van der Waals surface area contributed by atoms with Gasteiger partial charge in [0.1, 0.15) is 0 Å². The summed E-state index contributed by atoms with van der Waals surface area (Å²) in [5.74, 6) is 0. The van der Waals surface area contributed by atoms with Crippen LogP contribution in [0, 0.1) is 16.7 Å². The van der Waals surface area contributed by atoms with Crippen molar-refractivity contribution in [2.24, 2.45) is 5.41 Å². The third-order valence-electron chi connectivity index (χ3n) is 3.64. The minimum atomic E-state index is -0.195. The molecule has 0 aliphatic carbocycles. The van der Waals surface area contributed by atoms with Crippen molar-refractivity contribution >= 4 is 16.5 Å². The summed E-state index contributed by atoms with van der Waals surface area (Å²) in [6.07, 6.45) is 3.13. The third kappa shape index (κ3) is 3.74. The number of hydrogen-bond donors (Lipinski definition) is 1. The van der Waals surface area contributed by atoms with Gasteiger partial charge in [-0.2, -0.15) is 5.26 Å².